The Balaban J connectivity index is 2.24. The fourth-order valence-electron chi connectivity index (χ4n) is 1.56. The van der Waals surface area contributed by atoms with Gasteiger partial charge in [-0.2, -0.15) is 0 Å². The van der Waals surface area contributed by atoms with E-state index < -0.39 is 0 Å². The molecule has 2 nitrogen and oxygen atoms in total. The molecule has 0 aliphatic heterocycles. The number of benzene rings is 1. The van der Waals surface area contributed by atoms with Gasteiger partial charge in [0.1, 0.15) is 11.5 Å². The minimum atomic E-state index is 0.708. The highest BCUT2D eigenvalue weighted by molar-refractivity contribution is 9.10. The molecule has 0 saturated carbocycles. The van der Waals surface area contributed by atoms with Gasteiger partial charge in [-0.3, -0.25) is 0 Å². The van der Waals surface area contributed by atoms with Gasteiger partial charge >= 0.3 is 0 Å². The van der Waals surface area contributed by atoms with Crippen LogP contribution in [-0.2, 0) is 6.54 Å². The topological polar surface area (TPSA) is 25.2 Å². The minimum Gasteiger partial charge on any atom is -0.460 e. The van der Waals surface area contributed by atoms with Crippen LogP contribution >= 0.6 is 27.5 Å². The van der Waals surface area contributed by atoms with Crippen LogP contribution in [0.5, 0.6) is 0 Å². The lowest BCUT2D eigenvalue weighted by atomic mass is 10.2. The van der Waals surface area contributed by atoms with Gasteiger partial charge in [0, 0.05) is 15.1 Å². The molecule has 0 saturated heterocycles. The summed E-state index contributed by atoms with van der Waals surface area (Å²) >= 11 is 9.39. The number of hydrogen-bond donors (Lipinski definition) is 1. The zero-order valence-electron chi connectivity index (χ0n) is 9.47. The highest BCUT2D eigenvalue weighted by atomic mass is 79.9. The van der Waals surface area contributed by atoms with Gasteiger partial charge in [-0.25, -0.2) is 0 Å². The number of hydrogen-bond acceptors (Lipinski definition) is 2. The summed E-state index contributed by atoms with van der Waals surface area (Å²) in [4.78, 5) is 0. The molecule has 17 heavy (non-hydrogen) atoms. The van der Waals surface area contributed by atoms with Crippen LogP contribution in [-0.4, -0.2) is 6.54 Å². The van der Waals surface area contributed by atoms with E-state index in [2.05, 4.69) is 28.2 Å². The molecule has 1 aromatic heterocycles. The fraction of sp³-hybridized carbons (Fsp3) is 0.231. The van der Waals surface area contributed by atoms with Gasteiger partial charge in [-0.05, 0) is 52.8 Å². The van der Waals surface area contributed by atoms with Crippen molar-refractivity contribution in [3.8, 4) is 11.3 Å². The molecular formula is C13H13BrClNO. The van der Waals surface area contributed by atoms with Crippen LogP contribution in [0.2, 0.25) is 5.02 Å². The maximum Gasteiger partial charge on any atom is 0.135 e. The molecule has 0 bridgehead atoms. The van der Waals surface area contributed by atoms with Crippen molar-refractivity contribution >= 4 is 27.5 Å². The van der Waals surface area contributed by atoms with Crippen molar-refractivity contribution in [3.05, 3.63) is 45.6 Å². The van der Waals surface area contributed by atoms with Crippen LogP contribution in [0.1, 0.15) is 12.7 Å². The van der Waals surface area contributed by atoms with Gasteiger partial charge in [-0.1, -0.05) is 18.5 Å². The van der Waals surface area contributed by atoms with E-state index in [-0.39, 0.29) is 0 Å². The summed E-state index contributed by atoms with van der Waals surface area (Å²) in [7, 11) is 0. The van der Waals surface area contributed by atoms with Crippen molar-refractivity contribution in [1.29, 1.82) is 0 Å². The summed E-state index contributed by atoms with van der Waals surface area (Å²) in [5, 5.41) is 3.93. The molecule has 90 valence electrons. The molecule has 0 spiro atoms. The average molecular weight is 315 g/mol. The second-order valence-corrected chi connectivity index (χ2v) is 4.96. The van der Waals surface area contributed by atoms with Crippen LogP contribution in [0.3, 0.4) is 0 Å². The summed E-state index contributed by atoms with van der Waals surface area (Å²) in [5.74, 6) is 1.78. The monoisotopic (exact) mass is 313 g/mol. The van der Waals surface area contributed by atoms with Crippen molar-refractivity contribution in [3.63, 3.8) is 0 Å². The van der Waals surface area contributed by atoms with E-state index in [9.17, 15) is 0 Å². The number of nitrogens with one attached hydrogen (secondary N) is 1. The third-order valence-corrected chi connectivity index (χ3v) is 3.30. The van der Waals surface area contributed by atoms with Crippen molar-refractivity contribution in [2.45, 2.75) is 13.5 Å². The molecular weight excluding hydrogens is 302 g/mol. The largest absolute Gasteiger partial charge is 0.460 e. The first-order valence-electron chi connectivity index (χ1n) is 5.45. The first-order chi connectivity index (χ1) is 8.20. The Morgan fingerprint density at radius 1 is 1.29 bits per heavy atom. The van der Waals surface area contributed by atoms with Crippen LogP contribution in [0.25, 0.3) is 11.3 Å². The molecule has 1 aromatic carbocycles. The van der Waals surface area contributed by atoms with Crippen LogP contribution in [0.15, 0.2) is 39.2 Å². The van der Waals surface area contributed by atoms with Crippen LogP contribution in [0.4, 0.5) is 0 Å². The summed E-state index contributed by atoms with van der Waals surface area (Å²) in [6.07, 6.45) is 0. The Morgan fingerprint density at radius 3 is 2.82 bits per heavy atom. The van der Waals surface area contributed by atoms with Gasteiger partial charge in [0.2, 0.25) is 0 Å². The van der Waals surface area contributed by atoms with E-state index >= 15 is 0 Å². The quantitative estimate of drug-likeness (QED) is 0.900. The maximum atomic E-state index is 5.91. The van der Waals surface area contributed by atoms with Gasteiger partial charge in [0.25, 0.3) is 0 Å². The third kappa shape index (κ3) is 3.12. The van der Waals surface area contributed by atoms with E-state index in [1.165, 1.54) is 0 Å². The molecule has 0 fully saturated rings. The molecule has 0 amide bonds. The number of rotatable bonds is 4. The Hall–Kier alpha value is -0.770. The maximum absolute atomic E-state index is 5.91. The number of furan rings is 1. The van der Waals surface area contributed by atoms with Crippen molar-refractivity contribution in [2.24, 2.45) is 0 Å². The van der Waals surface area contributed by atoms with Crippen molar-refractivity contribution in [2.75, 3.05) is 6.54 Å². The highest BCUT2D eigenvalue weighted by Gasteiger charge is 2.08. The molecule has 1 heterocycles. The third-order valence-electron chi connectivity index (χ3n) is 2.41. The van der Waals surface area contributed by atoms with Crippen LogP contribution < -0.4 is 5.32 Å². The zero-order valence-corrected chi connectivity index (χ0v) is 11.8. The Labute approximate surface area is 114 Å². The second-order valence-electron chi connectivity index (χ2n) is 3.67. The number of halogens is 2. The summed E-state index contributed by atoms with van der Waals surface area (Å²) < 4.78 is 6.70. The molecule has 1 N–H and O–H groups in total. The van der Waals surface area contributed by atoms with Crippen LogP contribution in [0, 0.1) is 0 Å². The van der Waals surface area contributed by atoms with Gasteiger partial charge in [0.05, 0.1) is 6.54 Å². The van der Waals surface area contributed by atoms with Gasteiger partial charge < -0.3 is 9.73 Å². The summed E-state index contributed by atoms with van der Waals surface area (Å²) in [5.41, 5.74) is 1.01. The Bertz CT molecular complexity index is 510. The molecule has 4 heteroatoms. The van der Waals surface area contributed by atoms with Crippen molar-refractivity contribution < 1.29 is 4.42 Å². The standard InChI is InChI=1S/C13H13BrClNO/c1-2-16-8-10-4-6-13(17-10)11-5-3-9(15)7-12(11)14/h3-7,16H,2,8H2,1H3. The SMILES string of the molecule is CCNCc1ccc(-c2ccc(Cl)cc2Br)o1. The van der Waals surface area contributed by atoms with E-state index in [4.69, 9.17) is 16.0 Å². The van der Waals surface area contributed by atoms with E-state index in [1.807, 2.05) is 30.3 Å². The van der Waals surface area contributed by atoms with Gasteiger partial charge in [-0.15, -0.1) is 0 Å². The van der Waals surface area contributed by atoms with E-state index in [1.54, 1.807) is 0 Å². The zero-order chi connectivity index (χ0) is 12.3. The first kappa shape index (κ1) is 12.7. The molecule has 0 aliphatic carbocycles. The normalized spacial score (nSPS) is 10.8. The molecule has 2 rings (SSSR count). The van der Waals surface area contributed by atoms with Crippen molar-refractivity contribution in [1.82, 2.24) is 5.32 Å². The molecule has 0 radical (unpaired) electrons. The summed E-state index contributed by atoms with van der Waals surface area (Å²) in [6, 6.07) is 9.62. The summed E-state index contributed by atoms with van der Waals surface area (Å²) in [6.45, 7) is 3.75. The lowest BCUT2D eigenvalue weighted by Gasteiger charge is -2.02. The predicted molar refractivity (Wildman–Crippen MR) is 74.2 cm³/mol. The lowest BCUT2D eigenvalue weighted by molar-refractivity contribution is 0.498. The minimum absolute atomic E-state index is 0.708. The lowest BCUT2D eigenvalue weighted by Crippen LogP contribution is -2.10. The second kappa shape index (κ2) is 5.71. The molecule has 0 aliphatic rings. The molecule has 2 aromatic rings. The fourth-order valence-corrected chi connectivity index (χ4v) is 2.43. The Morgan fingerprint density at radius 2 is 2.12 bits per heavy atom. The molecule has 0 atom stereocenters. The van der Waals surface area contributed by atoms with E-state index in [0.717, 1.165) is 34.6 Å². The van der Waals surface area contributed by atoms with E-state index in [0.29, 0.717) is 5.02 Å². The van der Waals surface area contributed by atoms with Gasteiger partial charge in [0.15, 0.2) is 0 Å². The predicted octanol–water partition coefficient (Wildman–Crippen LogP) is 4.47. The first-order valence-corrected chi connectivity index (χ1v) is 6.62. The molecule has 0 unspecified atom stereocenters. The Kier molecular flexibility index (Phi) is 4.26. The average Bonchev–Trinajstić information content (AvgIpc) is 2.75. The smallest absolute Gasteiger partial charge is 0.135 e. The highest BCUT2D eigenvalue weighted by Crippen LogP contribution is 2.31.